The van der Waals surface area contributed by atoms with Gasteiger partial charge in [0.1, 0.15) is 11.8 Å². The predicted molar refractivity (Wildman–Crippen MR) is 167 cm³/mol. The van der Waals surface area contributed by atoms with Crippen molar-refractivity contribution in [2.45, 2.75) is 35.8 Å². The van der Waals surface area contributed by atoms with Crippen LogP contribution in [0.1, 0.15) is 27.5 Å². The van der Waals surface area contributed by atoms with Crippen molar-refractivity contribution in [1.29, 1.82) is 0 Å². The molecular formula is C32H26F3N3O6S2. The monoisotopic (exact) mass is 669 g/mol. The number of hydrogen-bond acceptors (Lipinski definition) is 8. The lowest BCUT2D eigenvalue weighted by atomic mass is 9.83. The number of fused-ring (bicyclic) bond motifs is 2. The summed E-state index contributed by atoms with van der Waals surface area (Å²) in [7, 11) is 2.95. The lowest BCUT2D eigenvalue weighted by Gasteiger charge is -2.31. The van der Waals surface area contributed by atoms with Crippen LogP contribution in [0.5, 0.6) is 11.5 Å². The fourth-order valence-corrected chi connectivity index (χ4v) is 8.50. The van der Waals surface area contributed by atoms with E-state index in [1.165, 1.54) is 30.9 Å². The molecule has 238 valence electrons. The Morgan fingerprint density at radius 3 is 2.33 bits per heavy atom. The molecule has 4 aromatic rings. The summed E-state index contributed by atoms with van der Waals surface area (Å²) in [5.41, 5.74) is 0.953. The molecule has 3 aromatic carbocycles. The van der Waals surface area contributed by atoms with Gasteiger partial charge in [-0.15, -0.1) is 0 Å². The lowest BCUT2D eigenvalue weighted by Crippen LogP contribution is -2.33. The van der Waals surface area contributed by atoms with E-state index >= 15 is 0 Å². The van der Waals surface area contributed by atoms with Gasteiger partial charge in [0.25, 0.3) is 0 Å². The summed E-state index contributed by atoms with van der Waals surface area (Å²) in [6, 6.07) is 16.3. The van der Waals surface area contributed by atoms with Gasteiger partial charge in [-0.3, -0.25) is 23.7 Å². The fourth-order valence-electron chi connectivity index (χ4n) is 5.73. The number of halogens is 3. The summed E-state index contributed by atoms with van der Waals surface area (Å²) in [6.07, 6.45) is -4.60. The molecule has 3 amide bonds. The van der Waals surface area contributed by atoms with Crippen molar-refractivity contribution in [3.05, 3.63) is 98.0 Å². The summed E-state index contributed by atoms with van der Waals surface area (Å²) in [5, 5.41) is 1.84. The number of benzene rings is 3. The molecule has 3 heterocycles. The quantitative estimate of drug-likeness (QED) is 0.252. The normalized spacial score (nSPS) is 19.1. The van der Waals surface area contributed by atoms with Gasteiger partial charge in [0.05, 0.1) is 36.4 Å². The van der Waals surface area contributed by atoms with Crippen LogP contribution in [-0.2, 0) is 27.1 Å². The fraction of sp³-hybridized carbons (Fsp3) is 0.250. The summed E-state index contributed by atoms with van der Waals surface area (Å²) in [6.45, 7) is 1.37. The van der Waals surface area contributed by atoms with E-state index in [0.29, 0.717) is 32.7 Å². The molecule has 46 heavy (non-hydrogen) atoms. The molecule has 1 N–H and O–H groups in total. The maximum absolute atomic E-state index is 14.1. The Kier molecular flexibility index (Phi) is 8.19. The van der Waals surface area contributed by atoms with Gasteiger partial charge in [-0.1, -0.05) is 52.9 Å². The Morgan fingerprint density at radius 1 is 0.935 bits per heavy atom. The highest BCUT2D eigenvalue weighted by Gasteiger charge is 2.57. The maximum Gasteiger partial charge on any atom is 0.416 e. The molecule has 0 radical (unpaired) electrons. The summed E-state index contributed by atoms with van der Waals surface area (Å²) >= 11 is 1.89. The van der Waals surface area contributed by atoms with E-state index in [2.05, 4.69) is 5.32 Å². The van der Waals surface area contributed by atoms with Crippen LogP contribution in [-0.4, -0.2) is 41.8 Å². The van der Waals surface area contributed by atoms with Crippen LogP contribution in [0, 0.1) is 12.8 Å². The van der Waals surface area contributed by atoms with Crippen molar-refractivity contribution >= 4 is 52.2 Å². The number of anilines is 2. The molecule has 1 aromatic heterocycles. The molecule has 2 unspecified atom stereocenters. The first-order valence-corrected chi connectivity index (χ1v) is 15.6. The minimum absolute atomic E-state index is 0.0850. The van der Waals surface area contributed by atoms with Crippen LogP contribution in [0.15, 0.2) is 76.6 Å². The molecular weight excluding hydrogens is 643 g/mol. The SMILES string of the molecule is COc1ccc([C@H]2c3sc(=O)n(CC(=O)Nc4cccc(C(F)(F)F)c4)c3SC3C(=O)N(c4ccc(C)cc4)C(=O)C32)cc1OC. The second kappa shape index (κ2) is 12.0. The van der Waals surface area contributed by atoms with Gasteiger partial charge in [-0.05, 0) is 55.0 Å². The number of carbonyl (C=O) groups excluding carboxylic acids is 3. The number of carbonyl (C=O) groups is 3. The van der Waals surface area contributed by atoms with Gasteiger partial charge in [-0.2, -0.15) is 13.2 Å². The summed E-state index contributed by atoms with van der Waals surface area (Å²) in [5.74, 6) is -2.42. The number of thioether (sulfide) groups is 1. The first kappa shape index (κ1) is 31.4. The van der Waals surface area contributed by atoms with Gasteiger partial charge >= 0.3 is 11.0 Å². The number of nitrogens with one attached hydrogen (secondary N) is 1. The van der Waals surface area contributed by atoms with Crippen molar-refractivity contribution in [2.75, 3.05) is 24.4 Å². The minimum atomic E-state index is -4.60. The third-order valence-corrected chi connectivity index (χ3v) is 10.5. The van der Waals surface area contributed by atoms with Crippen LogP contribution < -0.4 is 24.6 Å². The number of rotatable bonds is 7. The molecule has 3 atom stereocenters. The highest BCUT2D eigenvalue weighted by atomic mass is 32.2. The Bertz CT molecular complexity index is 1920. The van der Waals surface area contributed by atoms with Gasteiger partial charge < -0.3 is 14.8 Å². The molecule has 0 aliphatic carbocycles. The zero-order valence-electron chi connectivity index (χ0n) is 24.6. The number of ether oxygens (including phenoxy) is 2. The average Bonchev–Trinajstić information content (AvgIpc) is 3.47. The standard InChI is InChI=1S/C32H26F3N3O6S2/c1-16-7-10-20(11-8-16)38-28(40)25-24(17-9-12-21(43-2)22(13-17)44-3)27-30(45-26(25)29(38)41)37(31(42)46-27)15-23(39)36-19-6-4-5-18(14-19)32(33,34)35/h4-14,24-26H,15H2,1-3H3,(H,36,39)/t24-,25?,26?/m1/s1. The van der Waals surface area contributed by atoms with Gasteiger partial charge in [-0.25, -0.2) is 4.90 Å². The number of imide groups is 1. The number of nitrogens with zero attached hydrogens (tertiary/aromatic N) is 2. The third kappa shape index (κ3) is 5.55. The predicted octanol–water partition coefficient (Wildman–Crippen LogP) is 5.69. The summed E-state index contributed by atoms with van der Waals surface area (Å²) in [4.78, 5) is 55.6. The largest absolute Gasteiger partial charge is 0.493 e. The number of methoxy groups -OCH3 is 2. The van der Waals surface area contributed by atoms with Crippen molar-refractivity contribution in [3.8, 4) is 11.5 Å². The Balaban J connectivity index is 1.41. The molecule has 0 saturated carbocycles. The zero-order chi connectivity index (χ0) is 32.9. The van der Waals surface area contributed by atoms with Crippen LogP contribution >= 0.6 is 23.1 Å². The molecule has 0 bridgehead atoms. The molecule has 6 rings (SSSR count). The Hall–Kier alpha value is -4.56. The lowest BCUT2D eigenvalue weighted by molar-refractivity contribution is -0.137. The minimum Gasteiger partial charge on any atom is -0.493 e. The van der Waals surface area contributed by atoms with Crippen LogP contribution in [0.4, 0.5) is 24.5 Å². The Labute approximate surface area is 268 Å². The van der Waals surface area contributed by atoms with E-state index in [-0.39, 0.29) is 5.69 Å². The Morgan fingerprint density at radius 2 is 1.65 bits per heavy atom. The van der Waals surface area contributed by atoms with E-state index < -0.39 is 58.0 Å². The average molecular weight is 670 g/mol. The number of thiazole rings is 1. The highest BCUT2D eigenvalue weighted by molar-refractivity contribution is 8.00. The van der Waals surface area contributed by atoms with E-state index in [1.54, 1.807) is 42.5 Å². The van der Waals surface area contributed by atoms with Gasteiger partial charge in [0.2, 0.25) is 17.7 Å². The number of aryl methyl sites for hydroxylation is 1. The van der Waals surface area contributed by atoms with Crippen molar-refractivity contribution in [3.63, 3.8) is 0 Å². The molecule has 1 saturated heterocycles. The number of amides is 3. The van der Waals surface area contributed by atoms with Crippen LogP contribution in [0.2, 0.25) is 0 Å². The highest BCUT2D eigenvalue weighted by Crippen LogP contribution is 2.54. The van der Waals surface area contributed by atoms with Gasteiger partial charge in [0, 0.05) is 16.5 Å². The second-order valence-corrected chi connectivity index (χ2v) is 12.9. The smallest absolute Gasteiger partial charge is 0.416 e. The van der Waals surface area contributed by atoms with E-state index in [1.807, 2.05) is 6.92 Å². The maximum atomic E-state index is 14.1. The molecule has 2 aliphatic rings. The molecule has 14 heteroatoms. The van der Waals surface area contributed by atoms with Crippen LogP contribution in [0.3, 0.4) is 0 Å². The number of aromatic nitrogens is 1. The van der Waals surface area contributed by atoms with Crippen molar-refractivity contribution in [1.82, 2.24) is 4.57 Å². The number of hydrogen-bond donors (Lipinski definition) is 1. The van der Waals surface area contributed by atoms with Crippen molar-refractivity contribution in [2.24, 2.45) is 5.92 Å². The van der Waals surface area contributed by atoms with Crippen LogP contribution in [0.25, 0.3) is 0 Å². The summed E-state index contributed by atoms with van der Waals surface area (Å²) < 4.78 is 51.7. The molecule has 1 fully saturated rings. The molecule has 9 nitrogen and oxygen atoms in total. The second-order valence-electron chi connectivity index (χ2n) is 10.8. The first-order valence-electron chi connectivity index (χ1n) is 13.9. The first-order chi connectivity index (χ1) is 21.9. The molecule has 0 spiro atoms. The topological polar surface area (TPSA) is 107 Å². The van der Waals surface area contributed by atoms with E-state index in [4.69, 9.17) is 9.47 Å². The van der Waals surface area contributed by atoms with Crippen molar-refractivity contribution < 1.29 is 37.0 Å². The van der Waals surface area contributed by atoms with E-state index in [0.717, 1.165) is 45.7 Å². The molecule has 2 aliphatic heterocycles. The third-order valence-electron chi connectivity index (χ3n) is 7.88. The van der Waals surface area contributed by atoms with E-state index in [9.17, 15) is 32.3 Å². The number of alkyl halides is 3. The van der Waals surface area contributed by atoms with Gasteiger partial charge in [0.15, 0.2) is 11.5 Å². The zero-order valence-corrected chi connectivity index (χ0v) is 26.2.